The number of rotatable bonds is 7. The lowest BCUT2D eigenvalue weighted by atomic mass is 9.91. The molecule has 1 aromatic carbocycles. The SMILES string of the molecule is CN(C)c1ccc(S(=O)(=O)NC2CCC(N(C)Cc3ccccc3)CC2)cn1. The zero-order valence-electron chi connectivity index (χ0n) is 16.9. The zero-order valence-corrected chi connectivity index (χ0v) is 17.7. The number of benzene rings is 1. The Bertz CT molecular complexity index is 846. The summed E-state index contributed by atoms with van der Waals surface area (Å²) >= 11 is 0. The highest BCUT2D eigenvalue weighted by molar-refractivity contribution is 7.89. The first-order valence-electron chi connectivity index (χ1n) is 9.75. The summed E-state index contributed by atoms with van der Waals surface area (Å²) in [4.78, 5) is 8.66. The minimum Gasteiger partial charge on any atom is -0.363 e. The maximum absolute atomic E-state index is 12.7. The van der Waals surface area contributed by atoms with Crippen LogP contribution in [-0.2, 0) is 16.6 Å². The van der Waals surface area contributed by atoms with Crippen LogP contribution >= 0.6 is 0 Å². The van der Waals surface area contributed by atoms with Crippen molar-refractivity contribution in [3.05, 3.63) is 54.2 Å². The molecule has 6 nitrogen and oxygen atoms in total. The molecule has 1 heterocycles. The van der Waals surface area contributed by atoms with Gasteiger partial charge in [0.1, 0.15) is 10.7 Å². The van der Waals surface area contributed by atoms with Crippen molar-refractivity contribution >= 4 is 15.8 Å². The maximum atomic E-state index is 12.7. The largest absolute Gasteiger partial charge is 0.363 e. The molecule has 1 fully saturated rings. The molecule has 0 spiro atoms. The van der Waals surface area contributed by atoms with Crippen molar-refractivity contribution in [2.75, 3.05) is 26.0 Å². The van der Waals surface area contributed by atoms with E-state index in [1.165, 1.54) is 11.8 Å². The molecule has 1 aliphatic rings. The molecule has 0 aliphatic heterocycles. The van der Waals surface area contributed by atoms with Gasteiger partial charge < -0.3 is 4.90 Å². The zero-order chi connectivity index (χ0) is 20.1. The molecule has 7 heteroatoms. The third-order valence-corrected chi connectivity index (χ3v) is 6.91. The number of hydrogen-bond acceptors (Lipinski definition) is 5. The number of nitrogens with zero attached hydrogens (tertiary/aromatic N) is 3. The lowest BCUT2D eigenvalue weighted by Crippen LogP contribution is -2.42. The third kappa shape index (κ3) is 5.31. The van der Waals surface area contributed by atoms with E-state index in [4.69, 9.17) is 0 Å². The number of hydrogen-bond donors (Lipinski definition) is 1. The molecule has 1 N–H and O–H groups in total. The second-order valence-electron chi connectivity index (χ2n) is 7.77. The van der Waals surface area contributed by atoms with E-state index in [0.29, 0.717) is 6.04 Å². The highest BCUT2D eigenvalue weighted by atomic mass is 32.2. The van der Waals surface area contributed by atoms with Gasteiger partial charge in [-0.1, -0.05) is 30.3 Å². The normalized spacial score (nSPS) is 20.3. The van der Waals surface area contributed by atoms with Crippen molar-refractivity contribution in [3.8, 4) is 0 Å². The van der Waals surface area contributed by atoms with Gasteiger partial charge >= 0.3 is 0 Å². The maximum Gasteiger partial charge on any atom is 0.242 e. The molecule has 0 radical (unpaired) electrons. The predicted molar refractivity (Wildman–Crippen MR) is 113 cm³/mol. The molecule has 1 aliphatic carbocycles. The van der Waals surface area contributed by atoms with E-state index in [9.17, 15) is 8.42 Å². The number of nitrogens with one attached hydrogen (secondary N) is 1. The fourth-order valence-corrected chi connectivity index (χ4v) is 4.97. The first-order chi connectivity index (χ1) is 13.3. The van der Waals surface area contributed by atoms with Crippen LogP contribution in [0.1, 0.15) is 31.2 Å². The van der Waals surface area contributed by atoms with Gasteiger partial charge in [-0.05, 0) is 50.4 Å². The summed E-state index contributed by atoms with van der Waals surface area (Å²) in [7, 11) is 2.37. The molecule has 3 rings (SSSR count). The summed E-state index contributed by atoms with van der Waals surface area (Å²) in [5, 5.41) is 0. The smallest absolute Gasteiger partial charge is 0.242 e. The Labute approximate surface area is 168 Å². The van der Waals surface area contributed by atoms with Crippen LogP contribution in [0.2, 0.25) is 0 Å². The van der Waals surface area contributed by atoms with E-state index in [-0.39, 0.29) is 10.9 Å². The predicted octanol–water partition coefficient (Wildman–Crippen LogP) is 2.87. The molecule has 0 saturated heterocycles. The van der Waals surface area contributed by atoms with Crippen molar-refractivity contribution in [2.24, 2.45) is 0 Å². The lowest BCUT2D eigenvalue weighted by Gasteiger charge is -2.35. The second kappa shape index (κ2) is 9.03. The average Bonchev–Trinajstić information content (AvgIpc) is 2.69. The van der Waals surface area contributed by atoms with Crippen LogP contribution < -0.4 is 9.62 Å². The van der Waals surface area contributed by atoms with Crippen molar-refractivity contribution in [3.63, 3.8) is 0 Å². The molecule has 1 saturated carbocycles. The van der Waals surface area contributed by atoms with Gasteiger partial charge in [-0.2, -0.15) is 0 Å². The van der Waals surface area contributed by atoms with E-state index in [0.717, 1.165) is 38.0 Å². The van der Waals surface area contributed by atoms with Crippen LogP contribution in [-0.4, -0.2) is 51.5 Å². The van der Waals surface area contributed by atoms with Crippen LogP contribution in [0.4, 0.5) is 5.82 Å². The fourth-order valence-electron chi connectivity index (χ4n) is 3.72. The van der Waals surface area contributed by atoms with Gasteiger partial charge in [-0.15, -0.1) is 0 Å². The quantitative estimate of drug-likeness (QED) is 0.771. The Kier molecular flexibility index (Phi) is 6.69. The molecular formula is C21H30N4O2S. The van der Waals surface area contributed by atoms with Crippen LogP contribution in [0, 0.1) is 0 Å². The van der Waals surface area contributed by atoms with Crippen molar-refractivity contribution < 1.29 is 8.42 Å². The minimum absolute atomic E-state index is 0.0140. The summed E-state index contributed by atoms with van der Waals surface area (Å²) in [6.07, 6.45) is 5.12. The Hall–Kier alpha value is -1.96. The molecule has 0 amide bonds. The third-order valence-electron chi connectivity index (χ3n) is 5.41. The second-order valence-corrected chi connectivity index (χ2v) is 9.49. The molecular weight excluding hydrogens is 372 g/mol. The summed E-state index contributed by atoms with van der Waals surface area (Å²) in [5.41, 5.74) is 1.31. The highest BCUT2D eigenvalue weighted by Gasteiger charge is 2.27. The summed E-state index contributed by atoms with van der Waals surface area (Å²) in [6, 6.07) is 14.3. The molecule has 0 atom stereocenters. The first kappa shape index (κ1) is 20.8. The van der Waals surface area contributed by atoms with Crippen LogP contribution in [0.3, 0.4) is 0 Å². The Morgan fingerprint density at radius 3 is 2.25 bits per heavy atom. The van der Waals surface area contributed by atoms with Gasteiger partial charge in [0.05, 0.1) is 0 Å². The number of anilines is 1. The van der Waals surface area contributed by atoms with Gasteiger partial charge in [0.25, 0.3) is 0 Å². The van der Waals surface area contributed by atoms with E-state index in [1.54, 1.807) is 12.1 Å². The number of pyridine rings is 1. The summed E-state index contributed by atoms with van der Waals surface area (Å²) < 4.78 is 28.2. The van der Waals surface area contributed by atoms with Gasteiger partial charge in [-0.3, -0.25) is 4.90 Å². The number of aromatic nitrogens is 1. The minimum atomic E-state index is -3.53. The van der Waals surface area contributed by atoms with Gasteiger partial charge in [0.15, 0.2) is 0 Å². The average molecular weight is 403 g/mol. The van der Waals surface area contributed by atoms with Crippen LogP contribution in [0.25, 0.3) is 0 Å². The van der Waals surface area contributed by atoms with Crippen molar-refractivity contribution in [1.82, 2.24) is 14.6 Å². The van der Waals surface area contributed by atoms with Crippen LogP contribution in [0.5, 0.6) is 0 Å². The van der Waals surface area contributed by atoms with Gasteiger partial charge in [-0.25, -0.2) is 18.1 Å². The molecule has 28 heavy (non-hydrogen) atoms. The Balaban J connectivity index is 1.53. The Morgan fingerprint density at radius 2 is 1.68 bits per heavy atom. The van der Waals surface area contributed by atoms with E-state index < -0.39 is 10.0 Å². The monoisotopic (exact) mass is 402 g/mol. The molecule has 0 bridgehead atoms. The summed E-state index contributed by atoms with van der Waals surface area (Å²) in [6.45, 7) is 0.922. The molecule has 1 aromatic heterocycles. The van der Waals surface area contributed by atoms with Gasteiger partial charge in [0.2, 0.25) is 10.0 Å². The molecule has 152 valence electrons. The molecule has 0 unspecified atom stereocenters. The fraction of sp³-hybridized carbons (Fsp3) is 0.476. The topological polar surface area (TPSA) is 65.5 Å². The van der Waals surface area contributed by atoms with Crippen molar-refractivity contribution in [1.29, 1.82) is 0 Å². The Morgan fingerprint density at radius 1 is 1.00 bits per heavy atom. The highest BCUT2D eigenvalue weighted by Crippen LogP contribution is 2.25. The van der Waals surface area contributed by atoms with E-state index in [2.05, 4.69) is 45.9 Å². The van der Waals surface area contributed by atoms with Crippen molar-refractivity contribution in [2.45, 2.75) is 49.2 Å². The summed E-state index contributed by atoms with van der Waals surface area (Å²) in [5.74, 6) is 0.737. The molecule has 2 aromatic rings. The van der Waals surface area contributed by atoms with Crippen LogP contribution in [0.15, 0.2) is 53.6 Å². The van der Waals surface area contributed by atoms with E-state index in [1.807, 2.05) is 25.1 Å². The van der Waals surface area contributed by atoms with Gasteiger partial charge in [0, 0.05) is 38.9 Å². The number of sulfonamides is 1. The lowest BCUT2D eigenvalue weighted by molar-refractivity contribution is 0.173. The van der Waals surface area contributed by atoms with E-state index >= 15 is 0 Å². The standard InChI is InChI=1S/C21H30N4O2S/c1-24(2)21-14-13-20(15-22-21)28(26,27)23-18-9-11-19(12-10-18)25(3)16-17-7-5-4-6-8-17/h4-8,13-15,18-19,23H,9-12,16H2,1-3H3. The first-order valence-corrected chi connectivity index (χ1v) is 11.2.